The number of hydrogen-bond acceptors (Lipinski definition) is 4. The Bertz CT molecular complexity index is 1240. The lowest BCUT2D eigenvalue weighted by Gasteiger charge is -2.42. The molecule has 0 spiro atoms. The lowest BCUT2D eigenvalue weighted by molar-refractivity contribution is -0.139. The average molecular weight is 522 g/mol. The summed E-state index contributed by atoms with van der Waals surface area (Å²) in [6, 6.07) is 6.26. The minimum atomic E-state index is -4.19. The number of likely N-dealkylation sites (tertiary alicyclic amines) is 1. The number of rotatable bonds is 7. The van der Waals surface area contributed by atoms with Crippen LogP contribution in [-0.4, -0.2) is 64.9 Å². The fourth-order valence-corrected chi connectivity index (χ4v) is 5.87. The molecule has 5 nitrogen and oxygen atoms in total. The lowest BCUT2D eigenvalue weighted by atomic mass is 9.75. The van der Waals surface area contributed by atoms with Crippen molar-refractivity contribution < 1.29 is 22.0 Å². The Morgan fingerprint density at radius 2 is 1.84 bits per heavy atom. The molecule has 3 aromatic rings. The quantitative estimate of drug-likeness (QED) is 0.381. The van der Waals surface area contributed by atoms with Crippen LogP contribution in [0.2, 0.25) is 0 Å². The van der Waals surface area contributed by atoms with Crippen molar-refractivity contribution in [3.8, 4) is 0 Å². The van der Waals surface area contributed by atoms with E-state index in [2.05, 4.69) is 34.3 Å². The molecule has 0 radical (unpaired) electrons. The van der Waals surface area contributed by atoms with Crippen LogP contribution in [0.15, 0.2) is 30.5 Å². The second-order valence-corrected chi connectivity index (χ2v) is 10.9. The van der Waals surface area contributed by atoms with E-state index in [9.17, 15) is 13.2 Å². The van der Waals surface area contributed by atoms with Gasteiger partial charge in [0.1, 0.15) is 11.6 Å². The molecule has 0 aliphatic carbocycles. The van der Waals surface area contributed by atoms with Crippen molar-refractivity contribution in [1.29, 1.82) is 0 Å². The van der Waals surface area contributed by atoms with E-state index in [1.54, 1.807) is 11.1 Å². The number of H-pyrrole nitrogens is 1. The van der Waals surface area contributed by atoms with E-state index in [1.807, 2.05) is 19.2 Å². The predicted octanol–water partition coefficient (Wildman–Crippen LogP) is 5.88. The van der Waals surface area contributed by atoms with Gasteiger partial charge in [-0.05, 0) is 48.7 Å². The lowest BCUT2D eigenvalue weighted by Crippen LogP contribution is -2.55. The van der Waals surface area contributed by atoms with Crippen LogP contribution >= 0.6 is 0 Å². The average Bonchev–Trinajstić information content (AvgIpc) is 3.25. The largest absolute Gasteiger partial charge is 0.390 e. The standard InChI is InChI=1S/C27H32F5N5/c1-15(2)8-24-25(18-4-5-23-19(11-33-35-23)20(18)14-36(24)3)26-21(28)9-16(10-22(26)29)34-17-12-37(13-17)7-6-27(30,31)32/h4-5,9-11,15,17,24-25,34H,6-8,12-14H2,1-3H3,(H,33,35)/t24-,25+/m0/s1. The third-order valence-electron chi connectivity index (χ3n) is 7.61. The van der Waals surface area contributed by atoms with Crippen molar-refractivity contribution in [3.63, 3.8) is 0 Å². The second-order valence-electron chi connectivity index (χ2n) is 10.9. The van der Waals surface area contributed by atoms with Crippen molar-refractivity contribution in [3.05, 3.63) is 58.8 Å². The number of nitrogens with zero attached hydrogens (tertiary/aromatic N) is 3. The van der Waals surface area contributed by atoms with Crippen molar-refractivity contribution in [2.45, 2.75) is 57.4 Å². The molecule has 3 heterocycles. The van der Waals surface area contributed by atoms with Crippen molar-refractivity contribution in [2.75, 3.05) is 32.0 Å². The first-order valence-corrected chi connectivity index (χ1v) is 12.7. The Balaban J connectivity index is 1.42. The van der Waals surface area contributed by atoms with Crippen molar-refractivity contribution in [2.24, 2.45) is 5.92 Å². The maximum absolute atomic E-state index is 15.7. The highest BCUT2D eigenvalue weighted by atomic mass is 19.4. The van der Waals surface area contributed by atoms with Gasteiger partial charge in [-0.3, -0.25) is 14.9 Å². The molecule has 2 atom stereocenters. The molecule has 0 amide bonds. The summed E-state index contributed by atoms with van der Waals surface area (Å²) in [5.74, 6) is -1.41. The van der Waals surface area contributed by atoms with E-state index in [-0.39, 0.29) is 24.2 Å². The van der Waals surface area contributed by atoms with Gasteiger partial charge >= 0.3 is 6.18 Å². The van der Waals surface area contributed by atoms with Gasteiger partial charge < -0.3 is 5.32 Å². The number of likely N-dealkylation sites (N-methyl/N-ethyl adjacent to an activating group) is 1. The summed E-state index contributed by atoms with van der Waals surface area (Å²) in [5.41, 5.74) is 3.17. The smallest absolute Gasteiger partial charge is 0.380 e. The second kappa shape index (κ2) is 9.87. The first-order valence-electron chi connectivity index (χ1n) is 12.7. The Morgan fingerprint density at radius 1 is 1.14 bits per heavy atom. The predicted molar refractivity (Wildman–Crippen MR) is 134 cm³/mol. The number of anilines is 1. The molecule has 2 aromatic carbocycles. The molecular weight excluding hydrogens is 489 g/mol. The van der Waals surface area contributed by atoms with E-state index in [0.717, 1.165) is 28.5 Å². The summed E-state index contributed by atoms with van der Waals surface area (Å²) in [5, 5.41) is 11.2. The Morgan fingerprint density at radius 3 is 2.49 bits per heavy atom. The summed E-state index contributed by atoms with van der Waals surface area (Å²) in [4.78, 5) is 3.85. The number of halogens is 5. The summed E-state index contributed by atoms with van der Waals surface area (Å²) in [6.45, 7) is 5.61. The molecule has 2 N–H and O–H groups in total. The van der Waals surface area contributed by atoms with Gasteiger partial charge in [-0.1, -0.05) is 19.9 Å². The number of fused-ring (bicyclic) bond motifs is 3. The van der Waals surface area contributed by atoms with E-state index >= 15 is 8.78 Å². The number of aromatic amines is 1. The van der Waals surface area contributed by atoms with Crippen LogP contribution in [0.3, 0.4) is 0 Å². The van der Waals surface area contributed by atoms with Gasteiger partial charge in [0, 0.05) is 54.8 Å². The zero-order valence-electron chi connectivity index (χ0n) is 21.2. The molecule has 200 valence electrons. The maximum Gasteiger partial charge on any atom is 0.390 e. The van der Waals surface area contributed by atoms with Crippen molar-refractivity contribution in [1.82, 2.24) is 20.0 Å². The third kappa shape index (κ3) is 5.31. The molecule has 2 aliphatic heterocycles. The summed E-state index contributed by atoms with van der Waals surface area (Å²) < 4.78 is 68.8. The number of benzene rings is 2. The molecule has 1 aromatic heterocycles. The fraction of sp³-hybridized carbons (Fsp3) is 0.519. The van der Waals surface area contributed by atoms with E-state index < -0.39 is 30.1 Å². The fourth-order valence-electron chi connectivity index (χ4n) is 5.87. The van der Waals surface area contributed by atoms with Crippen LogP contribution in [0.1, 0.15) is 49.3 Å². The first kappa shape index (κ1) is 25.9. The maximum atomic E-state index is 15.7. The van der Waals surface area contributed by atoms with Crippen LogP contribution in [0.5, 0.6) is 0 Å². The first-order chi connectivity index (χ1) is 17.5. The summed E-state index contributed by atoms with van der Waals surface area (Å²) in [6.07, 6.45) is -2.52. The van der Waals surface area contributed by atoms with Gasteiger partial charge in [0.15, 0.2) is 0 Å². The summed E-state index contributed by atoms with van der Waals surface area (Å²) >= 11 is 0. The van der Waals surface area contributed by atoms with Gasteiger partial charge in [-0.2, -0.15) is 18.3 Å². The van der Waals surface area contributed by atoms with Gasteiger partial charge in [0.05, 0.1) is 24.2 Å². The number of nitrogens with one attached hydrogen (secondary N) is 2. The summed E-state index contributed by atoms with van der Waals surface area (Å²) in [7, 11) is 1.99. The van der Waals surface area contributed by atoms with Crippen LogP contribution in [0, 0.1) is 17.6 Å². The number of aromatic nitrogens is 2. The van der Waals surface area contributed by atoms with Crippen LogP contribution in [-0.2, 0) is 6.54 Å². The van der Waals surface area contributed by atoms with Crippen molar-refractivity contribution >= 4 is 16.6 Å². The van der Waals surface area contributed by atoms with Gasteiger partial charge in [0.2, 0.25) is 0 Å². The van der Waals surface area contributed by atoms with Crippen LogP contribution < -0.4 is 5.32 Å². The van der Waals surface area contributed by atoms with E-state index in [4.69, 9.17) is 0 Å². The zero-order chi connectivity index (χ0) is 26.5. The highest BCUT2D eigenvalue weighted by Crippen LogP contribution is 2.44. The molecular formula is C27H32F5N5. The molecule has 37 heavy (non-hydrogen) atoms. The van der Waals surface area contributed by atoms with E-state index in [1.165, 1.54) is 12.1 Å². The van der Waals surface area contributed by atoms with Gasteiger partial charge in [0.25, 0.3) is 0 Å². The Hall–Kier alpha value is -2.72. The van der Waals surface area contributed by atoms with Gasteiger partial charge in [-0.25, -0.2) is 8.78 Å². The highest BCUT2D eigenvalue weighted by molar-refractivity contribution is 5.83. The Labute approximate surface area is 213 Å². The minimum absolute atomic E-state index is 0.0484. The molecule has 1 saturated heterocycles. The van der Waals surface area contributed by atoms with Crippen LogP contribution in [0.25, 0.3) is 10.9 Å². The van der Waals surface area contributed by atoms with E-state index in [0.29, 0.717) is 31.2 Å². The SMILES string of the molecule is CC(C)C[C@H]1[C@H](c2c(F)cc(NC3CN(CCC(F)(F)F)C3)cc2F)c2ccc3[nH]ncc3c2CN1C. The number of alkyl halides is 3. The highest BCUT2D eigenvalue weighted by Gasteiger charge is 2.39. The molecule has 10 heteroatoms. The van der Waals surface area contributed by atoms with Crippen LogP contribution in [0.4, 0.5) is 27.6 Å². The minimum Gasteiger partial charge on any atom is -0.380 e. The van der Waals surface area contributed by atoms with Gasteiger partial charge in [-0.15, -0.1) is 0 Å². The molecule has 0 saturated carbocycles. The number of hydrogen-bond donors (Lipinski definition) is 2. The molecule has 0 bridgehead atoms. The normalized spacial score (nSPS) is 21.4. The monoisotopic (exact) mass is 521 g/mol. The molecule has 2 aliphatic rings. The zero-order valence-corrected chi connectivity index (χ0v) is 21.2. The molecule has 5 rings (SSSR count). The third-order valence-corrected chi connectivity index (χ3v) is 7.61. The topological polar surface area (TPSA) is 47.2 Å². The molecule has 1 fully saturated rings. The molecule has 0 unspecified atom stereocenters. The Kier molecular flexibility index (Phi) is 6.91.